The topological polar surface area (TPSA) is 77.6 Å². The van der Waals surface area contributed by atoms with Gasteiger partial charge in [0.25, 0.3) is 0 Å². The Morgan fingerprint density at radius 3 is 2.46 bits per heavy atom. The SMILES string of the molecule is Cc1ccc(NC(=O)CCNC(=O)N2CCN(Cc3ccccc3)CC2)nc1. The summed E-state index contributed by atoms with van der Waals surface area (Å²) in [5.41, 5.74) is 2.32. The minimum Gasteiger partial charge on any atom is -0.337 e. The maximum atomic E-state index is 12.3. The van der Waals surface area contributed by atoms with Crippen LogP contribution in [-0.2, 0) is 11.3 Å². The number of piperazine rings is 1. The van der Waals surface area contributed by atoms with Gasteiger partial charge in [0.15, 0.2) is 0 Å². The molecule has 0 unspecified atom stereocenters. The zero-order chi connectivity index (χ0) is 19.8. The quantitative estimate of drug-likeness (QED) is 0.805. The Hall–Kier alpha value is -2.93. The summed E-state index contributed by atoms with van der Waals surface area (Å²) >= 11 is 0. The third-order valence-electron chi connectivity index (χ3n) is 4.72. The average molecular weight is 381 g/mol. The van der Waals surface area contributed by atoms with Crippen molar-refractivity contribution >= 4 is 17.8 Å². The van der Waals surface area contributed by atoms with Gasteiger partial charge < -0.3 is 15.5 Å². The maximum absolute atomic E-state index is 12.3. The second-order valence-electron chi connectivity index (χ2n) is 7.00. The monoisotopic (exact) mass is 381 g/mol. The third kappa shape index (κ3) is 6.06. The highest BCUT2D eigenvalue weighted by Crippen LogP contribution is 2.08. The molecule has 0 radical (unpaired) electrons. The number of pyridine rings is 1. The molecule has 0 atom stereocenters. The number of aryl methyl sites for hydroxylation is 1. The van der Waals surface area contributed by atoms with Gasteiger partial charge in [0.05, 0.1) is 0 Å². The Morgan fingerprint density at radius 1 is 1.04 bits per heavy atom. The van der Waals surface area contributed by atoms with E-state index in [-0.39, 0.29) is 18.4 Å². The molecule has 1 aliphatic heterocycles. The highest BCUT2D eigenvalue weighted by Gasteiger charge is 2.20. The number of amides is 3. The molecule has 1 aromatic heterocycles. The summed E-state index contributed by atoms with van der Waals surface area (Å²) in [4.78, 5) is 32.5. The van der Waals surface area contributed by atoms with Gasteiger partial charge in [-0.15, -0.1) is 0 Å². The molecule has 0 spiro atoms. The summed E-state index contributed by atoms with van der Waals surface area (Å²) in [5, 5.41) is 5.56. The van der Waals surface area contributed by atoms with Gasteiger partial charge in [-0.05, 0) is 24.1 Å². The second kappa shape index (κ2) is 9.85. The van der Waals surface area contributed by atoms with Gasteiger partial charge >= 0.3 is 6.03 Å². The fourth-order valence-electron chi connectivity index (χ4n) is 3.09. The minimum atomic E-state index is -0.163. The number of hydrogen-bond donors (Lipinski definition) is 2. The predicted octanol–water partition coefficient (Wildman–Crippen LogP) is 2.25. The highest BCUT2D eigenvalue weighted by atomic mass is 16.2. The van der Waals surface area contributed by atoms with Gasteiger partial charge in [0.2, 0.25) is 5.91 Å². The van der Waals surface area contributed by atoms with Crippen LogP contribution in [0.1, 0.15) is 17.5 Å². The molecule has 2 aromatic rings. The van der Waals surface area contributed by atoms with Crippen molar-refractivity contribution in [2.75, 3.05) is 38.0 Å². The summed E-state index contributed by atoms with van der Waals surface area (Å²) in [6.07, 6.45) is 1.92. The van der Waals surface area contributed by atoms with Crippen LogP contribution in [0.15, 0.2) is 48.7 Å². The summed E-state index contributed by atoms with van der Waals surface area (Å²) in [6, 6.07) is 13.9. The van der Waals surface area contributed by atoms with Crippen molar-refractivity contribution in [2.24, 2.45) is 0 Å². The minimum absolute atomic E-state index is 0.111. The van der Waals surface area contributed by atoms with Crippen LogP contribution < -0.4 is 10.6 Å². The van der Waals surface area contributed by atoms with Crippen molar-refractivity contribution in [3.05, 3.63) is 59.8 Å². The zero-order valence-corrected chi connectivity index (χ0v) is 16.2. The van der Waals surface area contributed by atoms with E-state index in [1.54, 1.807) is 17.2 Å². The molecule has 2 N–H and O–H groups in total. The molecule has 1 aliphatic rings. The first-order valence-electron chi connectivity index (χ1n) is 9.62. The Bertz CT molecular complexity index is 771. The Labute approximate surface area is 165 Å². The van der Waals surface area contributed by atoms with E-state index in [1.807, 2.05) is 31.2 Å². The van der Waals surface area contributed by atoms with E-state index in [4.69, 9.17) is 0 Å². The lowest BCUT2D eigenvalue weighted by atomic mass is 10.2. The number of urea groups is 1. The van der Waals surface area contributed by atoms with Crippen LogP contribution in [0.25, 0.3) is 0 Å². The van der Waals surface area contributed by atoms with E-state index >= 15 is 0 Å². The fraction of sp³-hybridized carbons (Fsp3) is 0.381. The largest absolute Gasteiger partial charge is 0.337 e. The molecule has 148 valence electrons. The molecule has 2 heterocycles. The van der Waals surface area contributed by atoms with Gasteiger partial charge in [-0.25, -0.2) is 9.78 Å². The molecule has 1 aromatic carbocycles. The Balaban J connectivity index is 1.33. The second-order valence-corrected chi connectivity index (χ2v) is 7.00. The van der Waals surface area contributed by atoms with Gasteiger partial charge in [-0.1, -0.05) is 36.4 Å². The maximum Gasteiger partial charge on any atom is 0.317 e. The van der Waals surface area contributed by atoms with Gasteiger partial charge in [-0.2, -0.15) is 0 Å². The molecule has 1 fully saturated rings. The van der Waals surface area contributed by atoms with Crippen LogP contribution in [0.5, 0.6) is 0 Å². The first kappa shape index (κ1) is 19.8. The highest BCUT2D eigenvalue weighted by molar-refractivity contribution is 5.90. The number of benzene rings is 1. The molecule has 7 heteroatoms. The molecule has 7 nitrogen and oxygen atoms in total. The Kier molecular flexibility index (Phi) is 6.97. The normalized spacial score (nSPS) is 14.5. The van der Waals surface area contributed by atoms with Crippen molar-refractivity contribution < 1.29 is 9.59 Å². The van der Waals surface area contributed by atoms with Crippen LogP contribution in [-0.4, -0.2) is 59.4 Å². The average Bonchev–Trinajstić information content (AvgIpc) is 2.71. The molecule has 1 saturated heterocycles. The van der Waals surface area contributed by atoms with Crippen LogP contribution in [0.2, 0.25) is 0 Å². The molecule has 28 heavy (non-hydrogen) atoms. The number of aromatic nitrogens is 1. The number of carbonyl (C=O) groups is 2. The number of nitrogens with one attached hydrogen (secondary N) is 2. The number of carbonyl (C=O) groups excluding carboxylic acids is 2. The summed E-state index contributed by atoms with van der Waals surface area (Å²) in [7, 11) is 0. The molecule has 0 saturated carbocycles. The summed E-state index contributed by atoms with van der Waals surface area (Å²) in [6.45, 7) is 6.24. The molecule has 0 bridgehead atoms. The molecular weight excluding hydrogens is 354 g/mol. The van der Waals surface area contributed by atoms with E-state index in [2.05, 4.69) is 32.7 Å². The summed E-state index contributed by atoms with van der Waals surface area (Å²) < 4.78 is 0. The van der Waals surface area contributed by atoms with E-state index in [1.165, 1.54) is 5.56 Å². The number of nitrogens with zero attached hydrogens (tertiary/aromatic N) is 3. The number of hydrogen-bond acceptors (Lipinski definition) is 4. The van der Waals surface area contributed by atoms with Crippen LogP contribution in [0.4, 0.5) is 10.6 Å². The van der Waals surface area contributed by atoms with Crippen molar-refractivity contribution in [1.82, 2.24) is 20.1 Å². The van der Waals surface area contributed by atoms with Crippen molar-refractivity contribution in [1.29, 1.82) is 0 Å². The number of anilines is 1. The van der Waals surface area contributed by atoms with Crippen LogP contribution >= 0.6 is 0 Å². The molecule has 0 aliphatic carbocycles. The van der Waals surface area contributed by atoms with Crippen molar-refractivity contribution in [3.8, 4) is 0 Å². The lowest BCUT2D eigenvalue weighted by Gasteiger charge is -2.34. The Morgan fingerprint density at radius 2 is 1.79 bits per heavy atom. The van der Waals surface area contributed by atoms with Gasteiger partial charge in [-0.3, -0.25) is 9.69 Å². The lowest BCUT2D eigenvalue weighted by molar-refractivity contribution is -0.116. The standard InChI is InChI=1S/C21H27N5O2/c1-17-7-8-19(23-15-17)24-20(27)9-10-22-21(28)26-13-11-25(12-14-26)16-18-5-3-2-4-6-18/h2-8,15H,9-14,16H2,1H3,(H,22,28)(H,23,24,27). The van der Waals surface area contributed by atoms with E-state index in [0.29, 0.717) is 25.5 Å². The van der Waals surface area contributed by atoms with Gasteiger partial charge in [0, 0.05) is 51.9 Å². The molecule has 3 amide bonds. The fourth-order valence-corrected chi connectivity index (χ4v) is 3.09. The van der Waals surface area contributed by atoms with E-state index < -0.39 is 0 Å². The first-order valence-corrected chi connectivity index (χ1v) is 9.62. The van der Waals surface area contributed by atoms with Crippen molar-refractivity contribution in [3.63, 3.8) is 0 Å². The van der Waals surface area contributed by atoms with Crippen LogP contribution in [0.3, 0.4) is 0 Å². The van der Waals surface area contributed by atoms with E-state index in [9.17, 15) is 9.59 Å². The van der Waals surface area contributed by atoms with Gasteiger partial charge in [0.1, 0.15) is 5.82 Å². The van der Waals surface area contributed by atoms with Crippen LogP contribution in [0, 0.1) is 6.92 Å². The van der Waals surface area contributed by atoms with Crippen molar-refractivity contribution in [2.45, 2.75) is 19.9 Å². The predicted molar refractivity (Wildman–Crippen MR) is 109 cm³/mol. The smallest absolute Gasteiger partial charge is 0.317 e. The zero-order valence-electron chi connectivity index (χ0n) is 16.2. The first-order chi connectivity index (χ1) is 13.6. The van der Waals surface area contributed by atoms with E-state index in [0.717, 1.165) is 25.2 Å². The molecular formula is C21H27N5O2. The lowest BCUT2D eigenvalue weighted by Crippen LogP contribution is -2.51. The summed E-state index contributed by atoms with van der Waals surface area (Å²) in [5.74, 6) is 0.362. The molecule has 3 rings (SSSR count). The number of rotatable bonds is 6. The third-order valence-corrected chi connectivity index (χ3v) is 4.72.